The third-order valence-electron chi connectivity index (χ3n) is 2.02. The van der Waals surface area contributed by atoms with E-state index < -0.39 is 10.0 Å². The smallest absolute Gasteiger partial charge is 0.215 e. The van der Waals surface area contributed by atoms with Crippen molar-refractivity contribution in [3.8, 4) is 0 Å². The van der Waals surface area contributed by atoms with Crippen LogP contribution in [0.4, 0.5) is 0 Å². The van der Waals surface area contributed by atoms with E-state index in [9.17, 15) is 8.42 Å². The molecule has 0 amide bonds. The van der Waals surface area contributed by atoms with Gasteiger partial charge in [0.25, 0.3) is 0 Å². The predicted octanol–water partition coefficient (Wildman–Crippen LogP) is 1.45. The first kappa shape index (κ1) is 12.9. The van der Waals surface area contributed by atoms with Crippen LogP contribution in [0.25, 0.3) is 0 Å². The monoisotopic (exact) mass is 268 g/mol. The Labute approximate surface area is 98.9 Å². The van der Waals surface area contributed by atoms with Gasteiger partial charge < -0.3 is 0 Å². The summed E-state index contributed by atoms with van der Waals surface area (Å²) >= 11 is 6.89. The Morgan fingerprint density at radius 3 is 2.73 bits per heavy atom. The van der Waals surface area contributed by atoms with Crippen LogP contribution in [0.15, 0.2) is 5.51 Å². The number of rotatable bonds is 5. The van der Waals surface area contributed by atoms with Crippen molar-refractivity contribution in [3.63, 3.8) is 0 Å². The summed E-state index contributed by atoms with van der Waals surface area (Å²) in [5.74, 6) is 0.0945. The number of thiazole rings is 1. The minimum absolute atomic E-state index is 0.0249. The molecule has 0 spiro atoms. The zero-order valence-corrected chi connectivity index (χ0v) is 11.0. The molecule has 0 saturated heterocycles. The van der Waals surface area contributed by atoms with Crippen molar-refractivity contribution in [2.24, 2.45) is 0 Å². The van der Waals surface area contributed by atoms with Gasteiger partial charge in [-0.1, -0.05) is 0 Å². The van der Waals surface area contributed by atoms with Crippen LogP contribution < -0.4 is 0 Å². The van der Waals surface area contributed by atoms with E-state index in [-0.39, 0.29) is 11.6 Å². The number of aromatic nitrogens is 1. The molecule has 0 saturated carbocycles. The maximum Gasteiger partial charge on any atom is 0.215 e. The van der Waals surface area contributed by atoms with Crippen molar-refractivity contribution in [2.45, 2.75) is 13.5 Å². The Morgan fingerprint density at radius 2 is 2.27 bits per heavy atom. The van der Waals surface area contributed by atoms with Crippen LogP contribution in [-0.4, -0.2) is 36.4 Å². The molecule has 1 heterocycles. The molecule has 0 aliphatic heterocycles. The Morgan fingerprint density at radius 1 is 1.60 bits per heavy atom. The van der Waals surface area contributed by atoms with Gasteiger partial charge in [0.05, 0.1) is 17.0 Å². The molecular weight excluding hydrogens is 256 g/mol. The molecule has 0 atom stereocenters. The number of sulfonamides is 1. The number of nitrogens with zero attached hydrogens (tertiary/aromatic N) is 2. The highest BCUT2D eigenvalue weighted by molar-refractivity contribution is 7.89. The molecule has 0 N–H and O–H groups in total. The third-order valence-corrected chi connectivity index (χ3v) is 5.15. The first-order valence-electron chi connectivity index (χ1n) is 4.36. The highest BCUT2D eigenvalue weighted by atomic mass is 35.5. The predicted molar refractivity (Wildman–Crippen MR) is 62.8 cm³/mol. The molecule has 1 rings (SSSR count). The molecule has 0 aromatic carbocycles. The zero-order valence-electron chi connectivity index (χ0n) is 8.60. The van der Waals surface area contributed by atoms with Crippen molar-refractivity contribution in [1.29, 1.82) is 0 Å². The molecule has 0 bridgehead atoms. The third kappa shape index (κ3) is 3.41. The summed E-state index contributed by atoms with van der Waals surface area (Å²) in [7, 11) is -1.67. The minimum Gasteiger partial charge on any atom is -0.250 e. The lowest BCUT2D eigenvalue weighted by molar-refractivity contribution is 0.470. The summed E-state index contributed by atoms with van der Waals surface area (Å²) in [5, 5.41) is 0. The lowest BCUT2D eigenvalue weighted by Crippen LogP contribution is -2.29. The number of halogens is 1. The quantitative estimate of drug-likeness (QED) is 0.760. The van der Waals surface area contributed by atoms with E-state index in [2.05, 4.69) is 4.98 Å². The second-order valence-corrected chi connectivity index (χ2v) is 6.63. The fraction of sp³-hybridized carbons (Fsp3) is 0.625. The van der Waals surface area contributed by atoms with Crippen LogP contribution in [-0.2, 0) is 16.6 Å². The van der Waals surface area contributed by atoms with E-state index in [0.29, 0.717) is 6.54 Å². The number of hydrogen-bond acceptors (Lipinski definition) is 4. The molecule has 0 radical (unpaired) electrons. The molecule has 4 nitrogen and oxygen atoms in total. The van der Waals surface area contributed by atoms with E-state index >= 15 is 0 Å². The van der Waals surface area contributed by atoms with Crippen molar-refractivity contribution in [3.05, 3.63) is 16.1 Å². The second-order valence-electron chi connectivity index (χ2n) is 3.12. The summed E-state index contributed by atoms with van der Waals surface area (Å²) in [4.78, 5) is 5.04. The first-order valence-corrected chi connectivity index (χ1v) is 7.38. The number of alkyl halides is 1. The summed E-state index contributed by atoms with van der Waals surface area (Å²) in [6.45, 7) is 2.24. The van der Waals surface area contributed by atoms with Crippen LogP contribution in [0.3, 0.4) is 0 Å². The van der Waals surface area contributed by atoms with Gasteiger partial charge in [0.1, 0.15) is 0 Å². The van der Waals surface area contributed by atoms with Gasteiger partial charge >= 0.3 is 0 Å². The number of aryl methyl sites for hydroxylation is 1. The Hall–Kier alpha value is -0.170. The fourth-order valence-corrected chi connectivity index (χ4v) is 3.36. The molecule has 0 unspecified atom stereocenters. The lowest BCUT2D eigenvalue weighted by Gasteiger charge is -2.15. The summed E-state index contributed by atoms with van der Waals surface area (Å²) < 4.78 is 24.5. The van der Waals surface area contributed by atoms with Gasteiger partial charge in [0, 0.05) is 24.3 Å². The van der Waals surface area contributed by atoms with E-state index in [0.717, 1.165) is 10.6 Å². The topological polar surface area (TPSA) is 50.3 Å². The largest absolute Gasteiger partial charge is 0.250 e. The van der Waals surface area contributed by atoms with E-state index in [1.165, 1.54) is 15.6 Å². The molecule has 86 valence electrons. The van der Waals surface area contributed by atoms with Gasteiger partial charge in [-0.05, 0) is 6.92 Å². The van der Waals surface area contributed by atoms with Crippen LogP contribution in [0.5, 0.6) is 0 Å². The normalized spacial score (nSPS) is 12.3. The van der Waals surface area contributed by atoms with Gasteiger partial charge in [-0.2, -0.15) is 4.31 Å². The zero-order chi connectivity index (χ0) is 11.5. The maximum absolute atomic E-state index is 11.6. The van der Waals surface area contributed by atoms with E-state index in [1.54, 1.807) is 12.6 Å². The molecule has 0 fully saturated rings. The van der Waals surface area contributed by atoms with Crippen LogP contribution >= 0.6 is 22.9 Å². The molecule has 0 aliphatic rings. The average molecular weight is 269 g/mol. The van der Waals surface area contributed by atoms with Gasteiger partial charge in [-0.25, -0.2) is 13.4 Å². The van der Waals surface area contributed by atoms with Gasteiger partial charge in [-0.15, -0.1) is 22.9 Å². The summed E-state index contributed by atoms with van der Waals surface area (Å²) in [6.07, 6.45) is 0. The van der Waals surface area contributed by atoms with Gasteiger partial charge in [0.15, 0.2) is 0 Å². The van der Waals surface area contributed by atoms with Crippen molar-refractivity contribution in [2.75, 3.05) is 18.7 Å². The molecule has 0 aliphatic carbocycles. The molecule has 15 heavy (non-hydrogen) atoms. The van der Waals surface area contributed by atoms with Crippen molar-refractivity contribution < 1.29 is 8.42 Å². The number of hydrogen-bond donors (Lipinski definition) is 0. The van der Waals surface area contributed by atoms with Gasteiger partial charge in [0.2, 0.25) is 10.0 Å². The van der Waals surface area contributed by atoms with E-state index in [4.69, 9.17) is 11.6 Å². The minimum atomic E-state index is -3.22. The Balaban J connectivity index is 2.72. The summed E-state index contributed by atoms with van der Waals surface area (Å²) in [6, 6.07) is 0. The van der Waals surface area contributed by atoms with Crippen molar-refractivity contribution >= 4 is 33.0 Å². The molecule has 1 aromatic rings. The first-order chi connectivity index (χ1) is 6.97. The van der Waals surface area contributed by atoms with Crippen LogP contribution in [0.1, 0.15) is 10.6 Å². The summed E-state index contributed by atoms with van der Waals surface area (Å²) in [5.41, 5.74) is 2.60. The van der Waals surface area contributed by atoms with Crippen molar-refractivity contribution in [1.82, 2.24) is 9.29 Å². The van der Waals surface area contributed by atoms with Crippen LogP contribution in [0.2, 0.25) is 0 Å². The molecule has 1 aromatic heterocycles. The fourth-order valence-electron chi connectivity index (χ4n) is 1.03. The van der Waals surface area contributed by atoms with Crippen LogP contribution in [0, 0.1) is 6.92 Å². The second kappa shape index (κ2) is 5.25. The lowest BCUT2D eigenvalue weighted by atomic mass is 10.4. The highest BCUT2D eigenvalue weighted by Gasteiger charge is 2.18. The molecule has 7 heteroatoms. The van der Waals surface area contributed by atoms with Gasteiger partial charge in [-0.3, -0.25) is 0 Å². The SMILES string of the molecule is Cc1ncsc1CN(C)S(=O)(=O)CCCl. The highest BCUT2D eigenvalue weighted by Crippen LogP contribution is 2.16. The Bertz CT molecular complexity index is 416. The average Bonchev–Trinajstić information content (AvgIpc) is 2.52. The molecular formula is C8H13ClN2O2S2. The maximum atomic E-state index is 11.6. The standard InChI is InChI=1S/C8H13ClN2O2S2/c1-7-8(14-6-10-7)5-11(2)15(12,13)4-3-9/h6H,3-5H2,1-2H3. The Kier molecular flexibility index (Phi) is 4.51. The van der Waals surface area contributed by atoms with E-state index in [1.807, 2.05) is 6.92 Å².